The number of amides is 2. The van der Waals surface area contributed by atoms with Crippen molar-refractivity contribution in [3.8, 4) is 0 Å². The highest BCUT2D eigenvalue weighted by atomic mass is 16.5. The van der Waals surface area contributed by atoms with Gasteiger partial charge in [0.15, 0.2) is 0 Å². The molecule has 0 saturated carbocycles. The zero-order valence-electron chi connectivity index (χ0n) is 15.8. The molecule has 0 bridgehead atoms. The average molecular weight is 365 g/mol. The Morgan fingerprint density at radius 2 is 2.04 bits per heavy atom. The molecule has 0 spiro atoms. The number of urea groups is 1. The maximum absolute atomic E-state index is 12.1. The molecule has 7 heteroatoms. The Labute approximate surface area is 156 Å². The lowest BCUT2D eigenvalue weighted by Gasteiger charge is -2.32. The minimum absolute atomic E-state index is 0.195. The number of hydrogen-bond acceptors (Lipinski definition) is 5. The summed E-state index contributed by atoms with van der Waals surface area (Å²) in [6.07, 6.45) is 0. The second-order valence-corrected chi connectivity index (χ2v) is 6.28. The van der Waals surface area contributed by atoms with E-state index in [2.05, 4.69) is 22.5 Å². The molecule has 1 heterocycles. The lowest BCUT2D eigenvalue weighted by Crippen LogP contribution is -2.47. The Balaban J connectivity index is 1.69. The molecule has 1 unspecified atom stereocenters. The molecule has 0 radical (unpaired) electrons. The normalized spacial score (nSPS) is 16.2. The van der Waals surface area contributed by atoms with Crippen LogP contribution in [-0.4, -0.2) is 69.6 Å². The van der Waals surface area contributed by atoms with Gasteiger partial charge in [0, 0.05) is 38.0 Å². The smallest absolute Gasteiger partial charge is 0.319 e. The first-order chi connectivity index (χ1) is 12.7. The highest BCUT2D eigenvalue weighted by molar-refractivity contribution is 5.89. The van der Waals surface area contributed by atoms with Gasteiger partial charge in [0.25, 0.3) is 0 Å². The van der Waals surface area contributed by atoms with Gasteiger partial charge in [-0.1, -0.05) is 12.1 Å². The third-order valence-electron chi connectivity index (χ3n) is 4.26. The standard InChI is InChI=1S/C19H31N3O4/c1-3-24-11-12-26-15-17-5-4-6-18(13-17)21-19(23)20-14-16(2)22-7-9-25-10-8-22/h4-6,13,16H,3,7-12,14-15H2,1-2H3,(H2,20,21,23). The Hall–Kier alpha value is -1.67. The second-order valence-electron chi connectivity index (χ2n) is 6.28. The fourth-order valence-corrected chi connectivity index (χ4v) is 2.75. The molecule has 1 fully saturated rings. The van der Waals surface area contributed by atoms with Crippen molar-refractivity contribution >= 4 is 11.7 Å². The van der Waals surface area contributed by atoms with Crippen LogP contribution in [0.3, 0.4) is 0 Å². The van der Waals surface area contributed by atoms with E-state index in [0.29, 0.717) is 33.0 Å². The third-order valence-corrected chi connectivity index (χ3v) is 4.26. The van der Waals surface area contributed by atoms with Gasteiger partial charge in [0.05, 0.1) is 33.0 Å². The molecule has 0 aliphatic carbocycles. The van der Waals surface area contributed by atoms with Crippen LogP contribution in [0.1, 0.15) is 19.4 Å². The van der Waals surface area contributed by atoms with Gasteiger partial charge in [-0.2, -0.15) is 0 Å². The van der Waals surface area contributed by atoms with Crippen LogP contribution in [0, 0.1) is 0 Å². The van der Waals surface area contributed by atoms with Crippen LogP contribution in [0.4, 0.5) is 10.5 Å². The van der Waals surface area contributed by atoms with Gasteiger partial charge in [0.1, 0.15) is 0 Å². The van der Waals surface area contributed by atoms with Gasteiger partial charge in [-0.3, -0.25) is 4.90 Å². The molecule has 1 aliphatic heterocycles. The monoisotopic (exact) mass is 365 g/mol. The van der Waals surface area contributed by atoms with Crippen molar-refractivity contribution in [3.63, 3.8) is 0 Å². The molecule has 26 heavy (non-hydrogen) atoms. The minimum atomic E-state index is -0.195. The van der Waals surface area contributed by atoms with E-state index >= 15 is 0 Å². The van der Waals surface area contributed by atoms with Crippen molar-refractivity contribution in [1.82, 2.24) is 10.2 Å². The van der Waals surface area contributed by atoms with E-state index in [1.807, 2.05) is 31.2 Å². The number of ether oxygens (including phenoxy) is 3. The van der Waals surface area contributed by atoms with E-state index in [1.165, 1.54) is 0 Å². The van der Waals surface area contributed by atoms with Crippen molar-refractivity contribution in [3.05, 3.63) is 29.8 Å². The van der Waals surface area contributed by atoms with Gasteiger partial charge < -0.3 is 24.8 Å². The maximum Gasteiger partial charge on any atom is 0.319 e. The number of benzene rings is 1. The predicted molar refractivity (Wildman–Crippen MR) is 101 cm³/mol. The first-order valence-corrected chi connectivity index (χ1v) is 9.30. The predicted octanol–water partition coefficient (Wildman–Crippen LogP) is 2.08. The van der Waals surface area contributed by atoms with Crippen molar-refractivity contribution in [2.45, 2.75) is 26.5 Å². The largest absolute Gasteiger partial charge is 0.379 e. The molecule has 2 N–H and O–H groups in total. The highest BCUT2D eigenvalue weighted by Crippen LogP contribution is 2.11. The van der Waals surface area contributed by atoms with E-state index in [9.17, 15) is 4.79 Å². The SMILES string of the molecule is CCOCCOCc1cccc(NC(=O)NCC(C)N2CCOCC2)c1. The lowest BCUT2D eigenvalue weighted by molar-refractivity contribution is 0.0209. The Bertz CT molecular complexity index is 535. The molecule has 1 atom stereocenters. The molecule has 1 aliphatic rings. The lowest BCUT2D eigenvalue weighted by atomic mass is 10.2. The summed E-state index contributed by atoms with van der Waals surface area (Å²) in [5.74, 6) is 0. The molecule has 1 aromatic carbocycles. The summed E-state index contributed by atoms with van der Waals surface area (Å²) in [7, 11) is 0. The number of hydrogen-bond donors (Lipinski definition) is 2. The first kappa shape index (κ1) is 20.6. The van der Waals surface area contributed by atoms with Crippen LogP contribution < -0.4 is 10.6 Å². The summed E-state index contributed by atoms with van der Waals surface area (Å²) in [5, 5.41) is 5.81. The molecular formula is C19H31N3O4. The number of anilines is 1. The van der Waals surface area contributed by atoms with Crippen LogP contribution in [0.5, 0.6) is 0 Å². The number of rotatable bonds is 10. The second kappa shape index (κ2) is 11.9. The zero-order valence-corrected chi connectivity index (χ0v) is 15.8. The Morgan fingerprint density at radius 1 is 1.27 bits per heavy atom. The maximum atomic E-state index is 12.1. The zero-order chi connectivity index (χ0) is 18.6. The van der Waals surface area contributed by atoms with Crippen LogP contribution in [0.15, 0.2) is 24.3 Å². The summed E-state index contributed by atoms with van der Waals surface area (Å²) in [6.45, 7) is 10.4. The quantitative estimate of drug-likeness (QED) is 0.621. The first-order valence-electron chi connectivity index (χ1n) is 9.30. The summed E-state index contributed by atoms with van der Waals surface area (Å²) < 4.78 is 16.2. The molecule has 2 amide bonds. The fraction of sp³-hybridized carbons (Fsp3) is 0.632. The van der Waals surface area contributed by atoms with Gasteiger partial charge in [-0.05, 0) is 31.5 Å². The van der Waals surface area contributed by atoms with Gasteiger partial charge in [-0.15, -0.1) is 0 Å². The van der Waals surface area contributed by atoms with E-state index in [-0.39, 0.29) is 12.1 Å². The summed E-state index contributed by atoms with van der Waals surface area (Å²) in [6, 6.07) is 7.77. The average Bonchev–Trinajstić information content (AvgIpc) is 2.67. The number of morpholine rings is 1. The Morgan fingerprint density at radius 3 is 2.81 bits per heavy atom. The van der Waals surface area contributed by atoms with E-state index in [1.54, 1.807) is 0 Å². The molecule has 2 rings (SSSR count). The van der Waals surface area contributed by atoms with Crippen LogP contribution >= 0.6 is 0 Å². The number of nitrogens with one attached hydrogen (secondary N) is 2. The van der Waals surface area contributed by atoms with E-state index in [0.717, 1.165) is 37.6 Å². The van der Waals surface area contributed by atoms with Crippen LogP contribution in [0.25, 0.3) is 0 Å². The summed E-state index contributed by atoms with van der Waals surface area (Å²) in [5.41, 5.74) is 1.77. The molecule has 7 nitrogen and oxygen atoms in total. The van der Waals surface area contributed by atoms with E-state index < -0.39 is 0 Å². The van der Waals surface area contributed by atoms with E-state index in [4.69, 9.17) is 14.2 Å². The molecule has 0 aromatic heterocycles. The van der Waals surface area contributed by atoms with Gasteiger partial charge >= 0.3 is 6.03 Å². The molecule has 1 saturated heterocycles. The van der Waals surface area contributed by atoms with Crippen molar-refractivity contribution in [2.75, 3.05) is 58.0 Å². The van der Waals surface area contributed by atoms with Crippen molar-refractivity contribution in [1.29, 1.82) is 0 Å². The molecular weight excluding hydrogens is 334 g/mol. The highest BCUT2D eigenvalue weighted by Gasteiger charge is 2.17. The third kappa shape index (κ3) is 7.70. The van der Waals surface area contributed by atoms with Gasteiger partial charge in [0.2, 0.25) is 0 Å². The number of carbonyl (C=O) groups excluding carboxylic acids is 1. The minimum Gasteiger partial charge on any atom is -0.379 e. The van der Waals surface area contributed by atoms with Crippen LogP contribution in [0.2, 0.25) is 0 Å². The summed E-state index contributed by atoms with van der Waals surface area (Å²) >= 11 is 0. The number of carbonyl (C=O) groups is 1. The summed E-state index contributed by atoms with van der Waals surface area (Å²) in [4.78, 5) is 14.5. The van der Waals surface area contributed by atoms with Crippen molar-refractivity contribution in [2.24, 2.45) is 0 Å². The van der Waals surface area contributed by atoms with Gasteiger partial charge in [-0.25, -0.2) is 4.79 Å². The number of nitrogens with zero attached hydrogens (tertiary/aromatic N) is 1. The molecule has 1 aromatic rings. The molecule has 146 valence electrons. The fourth-order valence-electron chi connectivity index (χ4n) is 2.75. The van der Waals surface area contributed by atoms with Crippen LogP contribution in [-0.2, 0) is 20.8 Å². The Kier molecular flexibility index (Phi) is 9.41. The van der Waals surface area contributed by atoms with Crippen molar-refractivity contribution < 1.29 is 19.0 Å². The topological polar surface area (TPSA) is 72.1 Å².